The standard InChI is InChI=1S/C14H21NO3/c1-5-10-8-11(6-7-12(10)18-4)14(2,3)9-15-13(16)17/h6-8,15H,5,9H2,1-4H3,(H,16,17). The summed E-state index contributed by atoms with van der Waals surface area (Å²) >= 11 is 0. The van der Waals surface area contributed by atoms with Gasteiger partial charge in [-0.25, -0.2) is 4.79 Å². The molecule has 0 spiro atoms. The summed E-state index contributed by atoms with van der Waals surface area (Å²) in [5.74, 6) is 0.878. The Morgan fingerprint density at radius 3 is 2.61 bits per heavy atom. The quantitative estimate of drug-likeness (QED) is 0.846. The number of methoxy groups -OCH3 is 1. The molecule has 0 saturated heterocycles. The van der Waals surface area contributed by atoms with Crippen LogP contribution in [0.15, 0.2) is 18.2 Å². The van der Waals surface area contributed by atoms with E-state index < -0.39 is 6.09 Å². The molecule has 0 aromatic heterocycles. The van der Waals surface area contributed by atoms with Crippen molar-refractivity contribution in [1.29, 1.82) is 0 Å². The molecule has 1 aromatic carbocycles. The molecule has 0 aliphatic carbocycles. The minimum atomic E-state index is -0.993. The van der Waals surface area contributed by atoms with Crippen molar-refractivity contribution in [2.24, 2.45) is 0 Å². The maximum absolute atomic E-state index is 10.6. The molecule has 0 atom stereocenters. The molecule has 1 rings (SSSR count). The lowest BCUT2D eigenvalue weighted by molar-refractivity contribution is 0.192. The molecule has 0 fully saturated rings. The topological polar surface area (TPSA) is 58.6 Å². The highest BCUT2D eigenvalue weighted by Crippen LogP contribution is 2.28. The van der Waals surface area contributed by atoms with Crippen molar-refractivity contribution in [3.63, 3.8) is 0 Å². The van der Waals surface area contributed by atoms with Gasteiger partial charge in [-0.15, -0.1) is 0 Å². The summed E-state index contributed by atoms with van der Waals surface area (Å²) < 4.78 is 5.29. The van der Waals surface area contributed by atoms with E-state index >= 15 is 0 Å². The Kier molecular flexibility index (Phi) is 4.59. The molecule has 1 aromatic rings. The van der Waals surface area contributed by atoms with Gasteiger partial charge in [-0.05, 0) is 23.6 Å². The molecule has 100 valence electrons. The van der Waals surface area contributed by atoms with Crippen LogP contribution >= 0.6 is 0 Å². The Morgan fingerprint density at radius 2 is 2.11 bits per heavy atom. The summed E-state index contributed by atoms with van der Waals surface area (Å²) in [6.07, 6.45) is -0.105. The second-order valence-electron chi connectivity index (χ2n) is 4.92. The number of hydrogen-bond acceptors (Lipinski definition) is 2. The zero-order valence-electron chi connectivity index (χ0n) is 11.4. The van der Waals surface area contributed by atoms with E-state index in [2.05, 4.69) is 18.3 Å². The van der Waals surface area contributed by atoms with E-state index in [0.29, 0.717) is 6.54 Å². The fourth-order valence-electron chi connectivity index (χ4n) is 1.87. The number of hydrogen-bond donors (Lipinski definition) is 2. The maximum atomic E-state index is 10.6. The molecule has 0 aliphatic heterocycles. The summed E-state index contributed by atoms with van der Waals surface area (Å²) in [4.78, 5) is 10.6. The van der Waals surface area contributed by atoms with Crippen LogP contribution in [-0.2, 0) is 11.8 Å². The number of carbonyl (C=O) groups is 1. The summed E-state index contributed by atoms with van der Waals surface area (Å²) in [7, 11) is 1.66. The van der Waals surface area contributed by atoms with Crippen molar-refractivity contribution in [2.75, 3.05) is 13.7 Å². The highest BCUT2D eigenvalue weighted by Gasteiger charge is 2.22. The Bertz CT molecular complexity index is 427. The zero-order valence-corrected chi connectivity index (χ0v) is 11.4. The van der Waals surface area contributed by atoms with Gasteiger partial charge in [0, 0.05) is 12.0 Å². The fraction of sp³-hybridized carbons (Fsp3) is 0.500. The largest absolute Gasteiger partial charge is 0.496 e. The van der Waals surface area contributed by atoms with Crippen molar-refractivity contribution in [3.8, 4) is 5.75 Å². The lowest BCUT2D eigenvalue weighted by atomic mass is 9.83. The van der Waals surface area contributed by atoms with Gasteiger partial charge in [0.15, 0.2) is 0 Å². The number of carboxylic acid groups (broad SMARTS) is 1. The van der Waals surface area contributed by atoms with E-state index in [1.165, 1.54) is 0 Å². The van der Waals surface area contributed by atoms with Crippen LogP contribution < -0.4 is 10.1 Å². The van der Waals surface area contributed by atoms with Crippen molar-refractivity contribution in [3.05, 3.63) is 29.3 Å². The monoisotopic (exact) mass is 251 g/mol. The molecule has 4 nitrogen and oxygen atoms in total. The van der Waals surface area contributed by atoms with Crippen LogP contribution in [0.25, 0.3) is 0 Å². The molecule has 0 radical (unpaired) electrons. The van der Waals surface area contributed by atoms with Crippen LogP contribution in [-0.4, -0.2) is 24.9 Å². The minimum Gasteiger partial charge on any atom is -0.496 e. The summed E-state index contributed by atoms with van der Waals surface area (Å²) in [6, 6.07) is 6.01. The molecule has 4 heteroatoms. The molecule has 1 amide bonds. The predicted molar refractivity (Wildman–Crippen MR) is 71.4 cm³/mol. The molecular weight excluding hydrogens is 230 g/mol. The van der Waals surface area contributed by atoms with E-state index in [1.54, 1.807) is 7.11 Å². The number of nitrogens with one attached hydrogen (secondary N) is 1. The number of benzene rings is 1. The van der Waals surface area contributed by atoms with Gasteiger partial charge in [-0.3, -0.25) is 0 Å². The molecular formula is C14H21NO3. The lowest BCUT2D eigenvalue weighted by Gasteiger charge is -2.26. The van der Waals surface area contributed by atoms with E-state index in [-0.39, 0.29) is 5.41 Å². The zero-order chi connectivity index (χ0) is 13.8. The van der Waals surface area contributed by atoms with Crippen LogP contribution in [0.1, 0.15) is 31.9 Å². The average molecular weight is 251 g/mol. The van der Waals surface area contributed by atoms with Gasteiger partial charge in [0.25, 0.3) is 0 Å². The minimum absolute atomic E-state index is 0.241. The average Bonchev–Trinajstić information content (AvgIpc) is 2.35. The second-order valence-corrected chi connectivity index (χ2v) is 4.92. The van der Waals surface area contributed by atoms with Gasteiger partial charge in [0.05, 0.1) is 7.11 Å². The molecule has 18 heavy (non-hydrogen) atoms. The SMILES string of the molecule is CCc1cc(C(C)(C)CNC(=O)O)ccc1OC. The first kappa shape index (κ1) is 14.4. The molecule has 0 bridgehead atoms. The Labute approximate surface area is 108 Å². The van der Waals surface area contributed by atoms with Gasteiger partial charge >= 0.3 is 6.09 Å². The second kappa shape index (κ2) is 5.76. The van der Waals surface area contributed by atoms with Crippen molar-refractivity contribution in [1.82, 2.24) is 5.32 Å². The van der Waals surface area contributed by atoms with E-state index in [1.807, 2.05) is 26.0 Å². The molecule has 2 N–H and O–H groups in total. The van der Waals surface area contributed by atoms with Crippen molar-refractivity contribution < 1.29 is 14.6 Å². The number of aryl methyl sites for hydroxylation is 1. The molecule has 0 aliphatic rings. The maximum Gasteiger partial charge on any atom is 0.404 e. The molecule has 0 unspecified atom stereocenters. The Balaban J connectivity index is 2.97. The molecule has 0 heterocycles. The Hall–Kier alpha value is -1.71. The van der Waals surface area contributed by atoms with Gasteiger partial charge < -0.3 is 15.2 Å². The normalized spacial score (nSPS) is 11.1. The molecule has 0 saturated carbocycles. The smallest absolute Gasteiger partial charge is 0.404 e. The van der Waals surface area contributed by atoms with Crippen LogP contribution in [0.4, 0.5) is 4.79 Å². The summed E-state index contributed by atoms with van der Waals surface area (Å²) in [5, 5.41) is 11.1. The van der Waals surface area contributed by atoms with Gasteiger partial charge in [-0.1, -0.05) is 32.9 Å². The first-order valence-corrected chi connectivity index (χ1v) is 6.05. The number of amides is 1. The van der Waals surface area contributed by atoms with Crippen molar-refractivity contribution in [2.45, 2.75) is 32.6 Å². The summed E-state index contributed by atoms with van der Waals surface area (Å²) in [5.41, 5.74) is 2.00. The van der Waals surface area contributed by atoms with Gasteiger partial charge in [0.2, 0.25) is 0 Å². The van der Waals surface area contributed by atoms with Crippen LogP contribution in [0.5, 0.6) is 5.75 Å². The van der Waals surface area contributed by atoms with Crippen LogP contribution in [0.3, 0.4) is 0 Å². The van der Waals surface area contributed by atoms with Crippen LogP contribution in [0, 0.1) is 0 Å². The number of ether oxygens (including phenoxy) is 1. The Morgan fingerprint density at radius 1 is 1.44 bits per heavy atom. The number of rotatable bonds is 5. The third-order valence-electron chi connectivity index (χ3n) is 3.12. The van der Waals surface area contributed by atoms with Crippen molar-refractivity contribution >= 4 is 6.09 Å². The highest BCUT2D eigenvalue weighted by molar-refractivity contribution is 5.64. The lowest BCUT2D eigenvalue weighted by Crippen LogP contribution is -2.35. The fourth-order valence-corrected chi connectivity index (χ4v) is 1.87. The van der Waals surface area contributed by atoms with Gasteiger partial charge in [-0.2, -0.15) is 0 Å². The first-order valence-electron chi connectivity index (χ1n) is 6.05. The third kappa shape index (κ3) is 3.39. The summed E-state index contributed by atoms with van der Waals surface area (Å²) in [6.45, 7) is 6.50. The van der Waals surface area contributed by atoms with Gasteiger partial charge in [0.1, 0.15) is 5.75 Å². The van der Waals surface area contributed by atoms with E-state index in [0.717, 1.165) is 23.3 Å². The van der Waals surface area contributed by atoms with Crippen LogP contribution in [0.2, 0.25) is 0 Å². The predicted octanol–water partition coefficient (Wildman–Crippen LogP) is 2.80. The van der Waals surface area contributed by atoms with E-state index in [9.17, 15) is 4.79 Å². The first-order chi connectivity index (χ1) is 8.40. The van der Waals surface area contributed by atoms with E-state index in [4.69, 9.17) is 9.84 Å². The highest BCUT2D eigenvalue weighted by atomic mass is 16.5. The third-order valence-corrected chi connectivity index (χ3v) is 3.12.